The van der Waals surface area contributed by atoms with E-state index in [1.807, 2.05) is 6.07 Å². The molecule has 2 N–H and O–H groups in total. The second-order valence-corrected chi connectivity index (χ2v) is 6.66. The molecule has 7 heteroatoms. The molecule has 1 aliphatic carbocycles. The van der Waals surface area contributed by atoms with E-state index in [1.165, 1.54) is 12.1 Å². The molecule has 0 radical (unpaired) electrons. The van der Waals surface area contributed by atoms with Crippen LogP contribution in [0.1, 0.15) is 41.4 Å². The Morgan fingerprint density at radius 1 is 1.24 bits per heavy atom. The fraction of sp³-hybridized carbons (Fsp3) is 0.389. The Hall–Kier alpha value is -2.83. The van der Waals surface area contributed by atoms with E-state index in [1.54, 1.807) is 27.9 Å². The van der Waals surface area contributed by atoms with E-state index in [4.69, 9.17) is 0 Å². The van der Waals surface area contributed by atoms with Crippen molar-refractivity contribution in [3.05, 3.63) is 47.8 Å². The average Bonchev–Trinajstić information content (AvgIpc) is 3.05. The summed E-state index contributed by atoms with van der Waals surface area (Å²) in [6.07, 6.45) is 4.82. The van der Waals surface area contributed by atoms with E-state index < -0.39 is 6.04 Å². The Kier molecular flexibility index (Phi) is 3.91. The van der Waals surface area contributed by atoms with Gasteiger partial charge in [-0.3, -0.25) is 14.3 Å². The van der Waals surface area contributed by atoms with Gasteiger partial charge in [-0.25, -0.2) is 0 Å². The molecule has 2 heterocycles. The lowest BCUT2D eigenvalue weighted by Gasteiger charge is -2.35. The molecule has 0 unspecified atom stereocenters. The minimum atomic E-state index is -0.527. The van der Waals surface area contributed by atoms with Gasteiger partial charge in [0, 0.05) is 17.8 Å². The van der Waals surface area contributed by atoms with Crippen LogP contribution in [-0.4, -0.2) is 44.2 Å². The maximum Gasteiger partial charge on any atom is 0.254 e. The first-order chi connectivity index (χ1) is 12.1. The minimum absolute atomic E-state index is 0.0483. The summed E-state index contributed by atoms with van der Waals surface area (Å²) >= 11 is 0. The van der Waals surface area contributed by atoms with Gasteiger partial charge in [0.2, 0.25) is 5.91 Å². The summed E-state index contributed by atoms with van der Waals surface area (Å²) in [7, 11) is 0. The Morgan fingerprint density at radius 2 is 2.08 bits per heavy atom. The maximum absolute atomic E-state index is 12.8. The minimum Gasteiger partial charge on any atom is -0.508 e. The highest BCUT2D eigenvalue weighted by Gasteiger charge is 2.34. The summed E-state index contributed by atoms with van der Waals surface area (Å²) in [5.41, 5.74) is 1.24. The number of amides is 2. The van der Waals surface area contributed by atoms with Crippen LogP contribution in [0.2, 0.25) is 0 Å². The maximum atomic E-state index is 12.8. The second kappa shape index (κ2) is 6.23. The molecule has 1 aromatic carbocycles. The van der Waals surface area contributed by atoms with E-state index >= 15 is 0 Å². The number of nitrogens with zero attached hydrogens (tertiary/aromatic N) is 3. The first kappa shape index (κ1) is 15.7. The van der Waals surface area contributed by atoms with E-state index in [-0.39, 0.29) is 30.2 Å². The molecule has 1 fully saturated rings. The Balaban J connectivity index is 1.57. The molecule has 0 bridgehead atoms. The molecular formula is C18H20N4O3. The first-order valence-corrected chi connectivity index (χ1v) is 8.53. The van der Waals surface area contributed by atoms with Crippen molar-refractivity contribution in [1.82, 2.24) is 20.0 Å². The van der Waals surface area contributed by atoms with Crippen LogP contribution in [0.5, 0.6) is 5.75 Å². The monoisotopic (exact) mass is 340 g/mol. The highest BCUT2D eigenvalue weighted by Crippen LogP contribution is 2.25. The number of fused-ring (bicyclic) bond motifs is 1. The van der Waals surface area contributed by atoms with E-state index in [0.717, 1.165) is 25.0 Å². The molecule has 25 heavy (non-hydrogen) atoms. The number of aromatic hydroxyl groups is 1. The van der Waals surface area contributed by atoms with Crippen LogP contribution in [0, 0.1) is 0 Å². The smallest absolute Gasteiger partial charge is 0.254 e. The largest absolute Gasteiger partial charge is 0.508 e. The van der Waals surface area contributed by atoms with Crippen molar-refractivity contribution in [2.24, 2.45) is 0 Å². The number of phenolic OH excluding ortho intramolecular Hbond substituents is 1. The van der Waals surface area contributed by atoms with Gasteiger partial charge in [0.15, 0.2) is 0 Å². The molecule has 130 valence electrons. The van der Waals surface area contributed by atoms with Crippen LogP contribution >= 0.6 is 0 Å². The molecule has 7 nitrogen and oxygen atoms in total. The average molecular weight is 340 g/mol. The summed E-state index contributed by atoms with van der Waals surface area (Å²) in [4.78, 5) is 27.1. The third-order valence-electron chi connectivity index (χ3n) is 4.93. The van der Waals surface area contributed by atoms with Gasteiger partial charge in [-0.05, 0) is 43.5 Å². The van der Waals surface area contributed by atoms with Crippen LogP contribution in [0.4, 0.5) is 0 Å². The van der Waals surface area contributed by atoms with E-state index in [0.29, 0.717) is 12.1 Å². The lowest BCUT2D eigenvalue weighted by atomic mass is 9.93. The van der Waals surface area contributed by atoms with Crippen LogP contribution in [0.3, 0.4) is 0 Å². The number of aromatic nitrogens is 2. The third kappa shape index (κ3) is 2.97. The van der Waals surface area contributed by atoms with Crippen molar-refractivity contribution in [3.63, 3.8) is 0 Å². The topological polar surface area (TPSA) is 87.5 Å². The predicted molar refractivity (Wildman–Crippen MR) is 89.9 cm³/mol. The summed E-state index contributed by atoms with van der Waals surface area (Å²) in [5.74, 6) is -0.250. The molecule has 0 saturated heterocycles. The predicted octanol–water partition coefficient (Wildman–Crippen LogP) is 1.45. The number of nitrogens with one attached hydrogen (secondary N) is 1. The zero-order valence-electron chi connectivity index (χ0n) is 13.8. The number of benzene rings is 1. The van der Waals surface area contributed by atoms with Gasteiger partial charge in [0.1, 0.15) is 11.8 Å². The number of hydrogen-bond donors (Lipinski definition) is 2. The Bertz CT molecular complexity index is 812. The second-order valence-electron chi connectivity index (χ2n) is 6.66. The van der Waals surface area contributed by atoms with Gasteiger partial charge >= 0.3 is 0 Å². The number of phenols is 1. The lowest BCUT2D eigenvalue weighted by molar-refractivity contribution is -0.126. The molecule has 1 saturated carbocycles. The first-order valence-electron chi connectivity index (χ1n) is 8.53. The standard InChI is InChI=1S/C18H20N4O3/c23-15-6-1-3-12(9-15)18(25)21-10-14-7-8-19-22(14)16(11-21)17(24)20-13-4-2-5-13/h1,3,6-9,13,16,23H,2,4-5,10-11H2,(H,20,24)/t16-/m1/s1. The molecule has 2 aromatic rings. The summed E-state index contributed by atoms with van der Waals surface area (Å²) < 4.78 is 1.71. The van der Waals surface area contributed by atoms with Crippen LogP contribution in [0.15, 0.2) is 36.5 Å². The normalized spacial score (nSPS) is 19.8. The number of rotatable bonds is 3. The van der Waals surface area contributed by atoms with Crippen LogP contribution < -0.4 is 5.32 Å². The van der Waals surface area contributed by atoms with E-state index in [2.05, 4.69) is 10.4 Å². The van der Waals surface area contributed by atoms with Gasteiger partial charge in [-0.1, -0.05) is 6.07 Å². The molecular weight excluding hydrogens is 320 g/mol. The lowest BCUT2D eigenvalue weighted by Crippen LogP contribution is -2.50. The summed E-state index contributed by atoms with van der Waals surface area (Å²) in [5, 5.41) is 16.9. The van der Waals surface area contributed by atoms with Crippen molar-refractivity contribution in [2.45, 2.75) is 37.9 Å². The Morgan fingerprint density at radius 3 is 2.80 bits per heavy atom. The van der Waals surface area contributed by atoms with Crippen molar-refractivity contribution in [3.8, 4) is 5.75 Å². The summed E-state index contributed by atoms with van der Waals surface area (Å²) in [6, 6.07) is 7.80. The molecule has 0 spiro atoms. The summed E-state index contributed by atoms with van der Waals surface area (Å²) in [6.45, 7) is 0.656. The zero-order chi connectivity index (χ0) is 17.4. The number of hydrogen-bond acceptors (Lipinski definition) is 4. The van der Waals surface area contributed by atoms with Crippen molar-refractivity contribution in [1.29, 1.82) is 0 Å². The fourth-order valence-electron chi connectivity index (χ4n) is 3.31. The molecule has 4 rings (SSSR count). The van der Waals surface area contributed by atoms with Crippen molar-refractivity contribution in [2.75, 3.05) is 6.54 Å². The van der Waals surface area contributed by atoms with Crippen LogP contribution in [-0.2, 0) is 11.3 Å². The number of carbonyl (C=O) groups is 2. The van der Waals surface area contributed by atoms with Crippen molar-refractivity contribution >= 4 is 11.8 Å². The number of carbonyl (C=O) groups excluding carboxylic acids is 2. The van der Waals surface area contributed by atoms with Gasteiger partial charge in [-0.15, -0.1) is 0 Å². The molecule has 2 aliphatic rings. The molecule has 1 atom stereocenters. The molecule has 1 aromatic heterocycles. The molecule has 2 amide bonds. The van der Waals surface area contributed by atoms with Gasteiger partial charge in [-0.2, -0.15) is 5.10 Å². The zero-order valence-corrected chi connectivity index (χ0v) is 13.8. The van der Waals surface area contributed by atoms with Gasteiger partial charge < -0.3 is 15.3 Å². The van der Waals surface area contributed by atoms with Crippen molar-refractivity contribution < 1.29 is 14.7 Å². The SMILES string of the molecule is O=C(NC1CCC1)[C@H]1CN(C(=O)c2cccc(O)c2)Cc2ccnn21. The third-order valence-corrected chi connectivity index (χ3v) is 4.93. The van der Waals surface area contributed by atoms with Gasteiger partial charge in [0.05, 0.1) is 18.8 Å². The highest BCUT2D eigenvalue weighted by atomic mass is 16.3. The quantitative estimate of drug-likeness (QED) is 0.885. The fourth-order valence-corrected chi connectivity index (χ4v) is 3.31. The molecule has 1 aliphatic heterocycles. The van der Waals surface area contributed by atoms with Gasteiger partial charge in [0.25, 0.3) is 5.91 Å². The highest BCUT2D eigenvalue weighted by molar-refractivity contribution is 5.95. The van der Waals surface area contributed by atoms with Crippen LogP contribution in [0.25, 0.3) is 0 Å². The van der Waals surface area contributed by atoms with E-state index in [9.17, 15) is 14.7 Å². The Labute approximate surface area is 145 Å².